The van der Waals surface area contributed by atoms with E-state index in [0.717, 1.165) is 6.42 Å². The fourth-order valence-electron chi connectivity index (χ4n) is 1.60. The van der Waals surface area contributed by atoms with E-state index < -0.39 is 16.0 Å². The summed E-state index contributed by atoms with van der Waals surface area (Å²) in [5.41, 5.74) is -0.195. The molecule has 5 nitrogen and oxygen atoms in total. The van der Waals surface area contributed by atoms with Crippen LogP contribution in [0.1, 0.15) is 30.6 Å². The van der Waals surface area contributed by atoms with Crippen molar-refractivity contribution in [1.29, 1.82) is 0 Å². The Kier molecular flexibility index (Phi) is 5.08. The van der Waals surface area contributed by atoms with Gasteiger partial charge in [-0.2, -0.15) is 0 Å². The topological polar surface area (TPSA) is 74.7 Å². The summed E-state index contributed by atoms with van der Waals surface area (Å²) in [6.07, 6.45) is 0.727. The summed E-state index contributed by atoms with van der Waals surface area (Å²) in [6.45, 7) is 4.38. The van der Waals surface area contributed by atoms with E-state index in [9.17, 15) is 13.2 Å². The fourth-order valence-corrected chi connectivity index (χ4v) is 2.96. The van der Waals surface area contributed by atoms with Crippen LogP contribution in [0.2, 0.25) is 0 Å². The normalized spacial score (nSPS) is 12.1. The molecule has 0 aliphatic heterocycles. The number of carboxylic acid groups (broad SMARTS) is 1. The van der Waals surface area contributed by atoms with Crippen LogP contribution in [-0.2, 0) is 10.0 Å². The highest BCUT2D eigenvalue weighted by molar-refractivity contribution is 7.89. The van der Waals surface area contributed by atoms with Crippen LogP contribution in [0.4, 0.5) is 0 Å². The summed E-state index contributed by atoms with van der Waals surface area (Å²) >= 11 is 0. The van der Waals surface area contributed by atoms with E-state index in [1.807, 2.05) is 13.8 Å². The molecule has 1 aromatic carbocycles. The van der Waals surface area contributed by atoms with Gasteiger partial charge in [-0.3, -0.25) is 0 Å². The monoisotopic (exact) mass is 285 g/mol. The Morgan fingerprint density at radius 1 is 1.32 bits per heavy atom. The Hall–Kier alpha value is -1.40. The molecule has 106 valence electrons. The molecular formula is C13H19NO4S. The van der Waals surface area contributed by atoms with Gasteiger partial charge in [0.1, 0.15) is 0 Å². The van der Waals surface area contributed by atoms with E-state index in [1.54, 1.807) is 0 Å². The van der Waals surface area contributed by atoms with Crippen molar-refractivity contribution in [3.63, 3.8) is 0 Å². The lowest BCUT2D eigenvalue weighted by Gasteiger charge is -2.19. The van der Waals surface area contributed by atoms with Gasteiger partial charge in [0.15, 0.2) is 0 Å². The highest BCUT2D eigenvalue weighted by Gasteiger charge is 2.25. The Morgan fingerprint density at radius 2 is 1.89 bits per heavy atom. The molecule has 0 atom stereocenters. The minimum Gasteiger partial charge on any atom is -0.478 e. The molecule has 0 aromatic heterocycles. The standard InChI is InChI=1S/C13H19NO4S/c1-10(2)8-9-14(3)19(17,18)12-7-5-4-6-11(12)13(15)16/h4-7,10H,8-9H2,1-3H3,(H,15,16). The molecule has 0 fully saturated rings. The molecule has 19 heavy (non-hydrogen) atoms. The van der Waals surface area contributed by atoms with E-state index in [0.29, 0.717) is 12.5 Å². The van der Waals surface area contributed by atoms with E-state index in [-0.39, 0.29) is 10.5 Å². The third kappa shape index (κ3) is 3.78. The summed E-state index contributed by atoms with van der Waals surface area (Å²) in [5, 5.41) is 9.05. The number of sulfonamides is 1. The molecule has 0 radical (unpaired) electrons. The number of hydrogen-bond donors (Lipinski definition) is 1. The van der Waals surface area contributed by atoms with Gasteiger partial charge < -0.3 is 5.11 Å². The lowest BCUT2D eigenvalue weighted by Crippen LogP contribution is -2.30. The summed E-state index contributed by atoms with van der Waals surface area (Å²) in [7, 11) is -2.29. The predicted molar refractivity (Wildman–Crippen MR) is 72.7 cm³/mol. The smallest absolute Gasteiger partial charge is 0.337 e. The number of aromatic carboxylic acids is 1. The van der Waals surface area contributed by atoms with Gasteiger partial charge in [-0.05, 0) is 24.5 Å². The van der Waals surface area contributed by atoms with Crippen LogP contribution in [0.25, 0.3) is 0 Å². The lowest BCUT2D eigenvalue weighted by molar-refractivity contribution is 0.0692. The van der Waals surface area contributed by atoms with E-state index in [4.69, 9.17) is 5.11 Å². The van der Waals surface area contributed by atoms with Gasteiger partial charge >= 0.3 is 5.97 Å². The third-order valence-electron chi connectivity index (χ3n) is 2.83. The van der Waals surface area contributed by atoms with Gasteiger partial charge in [0.05, 0.1) is 10.5 Å². The van der Waals surface area contributed by atoms with Crippen LogP contribution in [0, 0.1) is 5.92 Å². The Labute approximate surface area is 113 Å². The number of hydrogen-bond acceptors (Lipinski definition) is 3. The molecule has 0 spiro atoms. The number of nitrogens with zero attached hydrogens (tertiary/aromatic N) is 1. The quantitative estimate of drug-likeness (QED) is 0.868. The average molecular weight is 285 g/mol. The van der Waals surface area contributed by atoms with Crippen molar-refractivity contribution in [2.24, 2.45) is 5.92 Å². The molecular weight excluding hydrogens is 266 g/mol. The Balaban J connectivity index is 3.10. The maximum atomic E-state index is 12.3. The van der Waals surface area contributed by atoms with Crippen LogP contribution < -0.4 is 0 Å². The van der Waals surface area contributed by atoms with Crippen molar-refractivity contribution >= 4 is 16.0 Å². The van der Waals surface area contributed by atoms with Crippen LogP contribution in [0.5, 0.6) is 0 Å². The molecule has 0 saturated carbocycles. The molecule has 6 heteroatoms. The highest BCUT2D eigenvalue weighted by Crippen LogP contribution is 2.20. The van der Waals surface area contributed by atoms with Gasteiger partial charge in [0.2, 0.25) is 10.0 Å². The molecule has 0 aliphatic carbocycles. The van der Waals surface area contributed by atoms with Crippen molar-refractivity contribution in [2.75, 3.05) is 13.6 Å². The maximum Gasteiger partial charge on any atom is 0.337 e. The van der Waals surface area contributed by atoms with Crippen molar-refractivity contribution < 1.29 is 18.3 Å². The zero-order chi connectivity index (χ0) is 14.6. The number of benzene rings is 1. The van der Waals surface area contributed by atoms with Crippen molar-refractivity contribution in [1.82, 2.24) is 4.31 Å². The molecule has 0 amide bonds. The third-order valence-corrected chi connectivity index (χ3v) is 4.74. The summed E-state index contributed by atoms with van der Waals surface area (Å²) in [6, 6.07) is 5.66. The maximum absolute atomic E-state index is 12.3. The molecule has 1 N–H and O–H groups in total. The molecule has 0 saturated heterocycles. The van der Waals surface area contributed by atoms with Gasteiger partial charge in [0.25, 0.3) is 0 Å². The van der Waals surface area contributed by atoms with Crippen molar-refractivity contribution in [3.8, 4) is 0 Å². The molecule has 1 rings (SSSR count). The zero-order valence-electron chi connectivity index (χ0n) is 11.3. The first-order valence-electron chi connectivity index (χ1n) is 6.05. The second-order valence-electron chi connectivity index (χ2n) is 4.81. The Bertz CT molecular complexity index is 552. The average Bonchev–Trinajstić information content (AvgIpc) is 2.35. The second-order valence-corrected chi connectivity index (χ2v) is 6.82. The van der Waals surface area contributed by atoms with Gasteiger partial charge in [-0.1, -0.05) is 26.0 Å². The summed E-state index contributed by atoms with van der Waals surface area (Å²) in [5.74, 6) is -0.858. The first-order chi connectivity index (χ1) is 8.76. The minimum absolute atomic E-state index is 0.159. The predicted octanol–water partition coefficient (Wildman–Crippen LogP) is 2.05. The van der Waals surface area contributed by atoms with E-state index >= 15 is 0 Å². The molecule has 1 aromatic rings. The van der Waals surface area contributed by atoms with Gasteiger partial charge in [-0.25, -0.2) is 17.5 Å². The molecule has 0 aliphatic rings. The SMILES string of the molecule is CC(C)CCN(C)S(=O)(=O)c1ccccc1C(=O)O. The zero-order valence-corrected chi connectivity index (χ0v) is 12.1. The number of rotatable bonds is 6. The fraction of sp³-hybridized carbons (Fsp3) is 0.462. The van der Waals surface area contributed by atoms with Crippen LogP contribution >= 0.6 is 0 Å². The van der Waals surface area contributed by atoms with Gasteiger partial charge in [0, 0.05) is 13.6 Å². The Morgan fingerprint density at radius 3 is 2.42 bits per heavy atom. The molecule has 0 unspecified atom stereocenters. The molecule has 0 heterocycles. The van der Waals surface area contributed by atoms with Crippen LogP contribution in [0.3, 0.4) is 0 Å². The molecule has 0 bridgehead atoms. The summed E-state index contributed by atoms with van der Waals surface area (Å²) in [4.78, 5) is 10.9. The van der Waals surface area contributed by atoms with Crippen molar-refractivity contribution in [3.05, 3.63) is 29.8 Å². The minimum atomic E-state index is -3.76. The van der Waals surface area contributed by atoms with E-state index in [2.05, 4.69) is 0 Å². The first kappa shape index (κ1) is 15.7. The number of carbonyl (C=O) groups is 1. The van der Waals surface area contributed by atoms with Crippen LogP contribution in [-0.4, -0.2) is 37.4 Å². The summed E-state index contributed by atoms with van der Waals surface area (Å²) < 4.78 is 25.9. The lowest BCUT2D eigenvalue weighted by atomic mass is 10.1. The first-order valence-corrected chi connectivity index (χ1v) is 7.49. The van der Waals surface area contributed by atoms with Gasteiger partial charge in [-0.15, -0.1) is 0 Å². The second kappa shape index (κ2) is 6.16. The van der Waals surface area contributed by atoms with E-state index in [1.165, 1.54) is 35.6 Å². The highest BCUT2D eigenvalue weighted by atomic mass is 32.2. The largest absolute Gasteiger partial charge is 0.478 e. The van der Waals surface area contributed by atoms with Crippen LogP contribution in [0.15, 0.2) is 29.2 Å². The number of carboxylic acids is 1. The van der Waals surface area contributed by atoms with Crippen molar-refractivity contribution in [2.45, 2.75) is 25.2 Å².